The van der Waals surface area contributed by atoms with Crippen LogP contribution >= 0.6 is 0 Å². The zero-order chi connectivity index (χ0) is 15.0. The van der Waals surface area contributed by atoms with Gasteiger partial charge in [-0.2, -0.15) is 13.2 Å². The molecule has 112 valence electrons. The summed E-state index contributed by atoms with van der Waals surface area (Å²) in [5.41, 5.74) is 0.695. The van der Waals surface area contributed by atoms with Crippen LogP contribution < -0.4 is 4.90 Å². The van der Waals surface area contributed by atoms with Gasteiger partial charge in [0.1, 0.15) is 0 Å². The van der Waals surface area contributed by atoms with Gasteiger partial charge in [-0.15, -0.1) is 0 Å². The van der Waals surface area contributed by atoms with Crippen molar-refractivity contribution in [1.82, 2.24) is 9.88 Å². The lowest BCUT2D eigenvalue weighted by Gasteiger charge is -2.34. The summed E-state index contributed by atoms with van der Waals surface area (Å²) in [7, 11) is 2.07. The fourth-order valence-electron chi connectivity index (χ4n) is 2.63. The molecule has 3 nitrogen and oxygen atoms in total. The highest BCUT2D eigenvalue weighted by atomic mass is 19.4. The van der Waals surface area contributed by atoms with Crippen molar-refractivity contribution in [1.29, 1.82) is 0 Å². The van der Waals surface area contributed by atoms with Crippen LogP contribution in [0.15, 0.2) is 30.5 Å². The topological polar surface area (TPSA) is 19.4 Å². The minimum absolute atomic E-state index is 0.390. The first-order valence-corrected chi connectivity index (χ1v) is 6.84. The van der Waals surface area contributed by atoms with Crippen molar-refractivity contribution in [3.63, 3.8) is 0 Å². The van der Waals surface area contributed by atoms with Crippen molar-refractivity contribution in [2.45, 2.75) is 6.18 Å². The van der Waals surface area contributed by atoms with E-state index in [-0.39, 0.29) is 0 Å². The van der Waals surface area contributed by atoms with Crippen molar-refractivity contribution < 1.29 is 13.2 Å². The first kappa shape index (κ1) is 14.1. The fraction of sp³-hybridized carbons (Fsp3) is 0.400. The van der Waals surface area contributed by atoms with Crippen LogP contribution in [0.2, 0.25) is 0 Å². The van der Waals surface area contributed by atoms with E-state index in [1.165, 1.54) is 6.07 Å². The minimum atomic E-state index is -4.33. The van der Waals surface area contributed by atoms with Crippen LogP contribution in [0, 0.1) is 0 Å². The van der Waals surface area contributed by atoms with Gasteiger partial charge in [0.05, 0.1) is 11.1 Å². The van der Waals surface area contributed by atoms with Crippen molar-refractivity contribution in [2.75, 3.05) is 38.1 Å². The predicted octanol–water partition coefficient (Wildman–Crippen LogP) is 3.01. The van der Waals surface area contributed by atoms with Gasteiger partial charge in [-0.25, -0.2) is 0 Å². The zero-order valence-corrected chi connectivity index (χ0v) is 11.7. The molecule has 0 radical (unpaired) electrons. The Bertz CT molecular complexity index is 646. The Labute approximate surface area is 121 Å². The van der Waals surface area contributed by atoms with E-state index in [4.69, 9.17) is 0 Å². The molecule has 1 fully saturated rings. The van der Waals surface area contributed by atoms with Crippen LogP contribution in [-0.4, -0.2) is 43.1 Å². The molecule has 6 heteroatoms. The Kier molecular flexibility index (Phi) is 3.49. The summed E-state index contributed by atoms with van der Waals surface area (Å²) in [6, 6.07) is 5.65. The van der Waals surface area contributed by atoms with Crippen LogP contribution in [-0.2, 0) is 6.18 Å². The van der Waals surface area contributed by atoms with Crippen molar-refractivity contribution >= 4 is 16.6 Å². The average Bonchev–Trinajstić information content (AvgIpc) is 2.46. The first-order chi connectivity index (χ1) is 9.95. The number of pyridine rings is 1. The van der Waals surface area contributed by atoms with Gasteiger partial charge >= 0.3 is 6.18 Å². The lowest BCUT2D eigenvalue weighted by molar-refractivity contribution is -0.137. The number of likely N-dealkylation sites (N-methyl/N-ethyl adjacent to an activating group) is 1. The maximum Gasteiger partial charge on any atom is 0.416 e. The summed E-state index contributed by atoms with van der Waals surface area (Å²) in [6.07, 6.45) is -2.75. The third-order valence-corrected chi connectivity index (χ3v) is 3.89. The monoisotopic (exact) mass is 295 g/mol. The molecule has 0 unspecified atom stereocenters. The summed E-state index contributed by atoms with van der Waals surface area (Å²) < 4.78 is 38.3. The van der Waals surface area contributed by atoms with E-state index in [1.54, 1.807) is 6.20 Å². The SMILES string of the molecule is CN1CCN(c2ccnc3cc(C(F)(F)F)ccc23)CC1. The van der Waals surface area contributed by atoms with Gasteiger partial charge in [0.15, 0.2) is 0 Å². The molecular formula is C15H16F3N3. The quantitative estimate of drug-likeness (QED) is 0.806. The molecule has 1 aromatic carbocycles. The second-order valence-corrected chi connectivity index (χ2v) is 5.35. The summed E-state index contributed by atoms with van der Waals surface area (Å²) in [4.78, 5) is 8.53. The number of fused-ring (bicyclic) bond motifs is 1. The number of hydrogen-bond donors (Lipinski definition) is 0. The molecule has 0 spiro atoms. The second-order valence-electron chi connectivity index (χ2n) is 5.35. The second kappa shape index (κ2) is 5.18. The van der Waals surface area contributed by atoms with Gasteiger partial charge in [-0.05, 0) is 25.2 Å². The highest BCUT2D eigenvalue weighted by molar-refractivity contribution is 5.92. The molecule has 0 bridgehead atoms. The molecule has 1 saturated heterocycles. The number of aromatic nitrogens is 1. The highest BCUT2D eigenvalue weighted by Gasteiger charge is 2.30. The first-order valence-electron chi connectivity index (χ1n) is 6.84. The molecule has 2 heterocycles. The number of halogens is 3. The third kappa shape index (κ3) is 2.81. The Hall–Kier alpha value is -1.82. The molecule has 0 N–H and O–H groups in total. The zero-order valence-electron chi connectivity index (χ0n) is 11.7. The normalized spacial score (nSPS) is 17.4. The van der Waals surface area contributed by atoms with Crippen LogP contribution in [0.4, 0.5) is 18.9 Å². The van der Waals surface area contributed by atoms with Crippen molar-refractivity contribution in [2.24, 2.45) is 0 Å². The molecule has 1 aliphatic heterocycles. The standard InChI is InChI=1S/C15H16F3N3/c1-20-6-8-21(9-7-20)14-4-5-19-13-10-11(15(16,17)18)2-3-12(13)14/h2-5,10H,6-9H2,1H3. The molecule has 21 heavy (non-hydrogen) atoms. The molecule has 1 aliphatic rings. The van der Waals surface area contributed by atoms with Crippen LogP contribution in [0.1, 0.15) is 5.56 Å². The van der Waals surface area contributed by atoms with E-state index >= 15 is 0 Å². The van der Waals surface area contributed by atoms with Crippen molar-refractivity contribution in [3.05, 3.63) is 36.0 Å². The number of hydrogen-bond acceptors (Lipinski definition) is 3. The number of piperazine rings is 1. The number of alkyl halides is 3. The number of rotatable bonds is 1. The van der Waals surface area contributed by atoms with E-state index < -0.39 is 11.7 Å². The average molecular weight is 295 g/mol. The Morgan fingerprint density at radius 2 is 1.76 bits per heavy atom. The van der Waals surface area contributed by atoms with Crippen LogP contribution in [0.25, 0.3) is 10.9 Å². The van der Waals surface area contributed by atoms with Gasteiger partial charge in [-0.3, -0.25) is 4.98 Å². The van der Waals surface area contributed by atoms with Gasteiger partial charge in [0.25, 0.3) is 0 Å². The summed E-state index contributed by atoms with van der Waals surface area (Å²) in [6.45, 7) is 3.64. The minimum Gasteiger partial charge on any atom is -0.368 e. The van der Waals surface area contributed by atoms with Gasteiger partial charge in [0.2, 0.25) is 0 Å². The lowest BCUT2D eigenvalue weighted by Crippen LogP contribution is -2.44. The van der Waals surface area contributed by atoms with Crippen LogP contribution in [0.3, 0.4) is 0 Å². The summed E-state index contributed by atoms with van der Waals surface area (Å²) in [5, 5.41) is 0.773. The van der Waals surface area contributed by atoms with E-state index in [0.717, 1.165) is 49.4 Å². The number of benzene rings is 1. The summed E-state index contributed by atoms with van der Waals surface area (Å²) in [5.74, 6) is 0. The molecule has 1 aromatic heterocycles. The number of anilines is 1. The van der Waals surface area contributed by atoms with Gasteiger partial charge in [0, 0.05) is 43.4 Å². The highest BCUT2D eigenvalue weighted by Crippen LogP contribution is 2.33. The Morgan fingerprint density at radius 3 is 2.43 bits per heavy atom. The van der Waals surface area contributed by atoms with Crippen LogP contribution in [0.5, 0.6) is 0 Å². The molecule has 0 atom stereocenters. The van der Waals surface area contributed by atoms with E-state index in [2.05, 4.69) is 21.8 Å². The predicted molar refractivity (Wildman–Crippen MR) is 76.5 cm³/mol. The van der Waals surface area contributed by atoms with E-state index in [0.29, 0.717) is 5.52 Å². The molecule has 3 rings (SSSR count). The van der Waals surface area contributed by atoms with E-state index in [9.17, 15) is 13.2 Å². The Morgan fingerprint density at radius 1 is 1.05 bits per heavy atom. The fourth-order valence-corrected chi connectivity index (χ4v) is 2.63. The third-order valence-electron chi connectivity index (χ3n) is 3.89. The molecule has 0 amide bonds. The molecular weight excluding hydrogens is 279 g/mol. The van der Waals surface area contributed by atoms with Gasteiger partial charge in [-0.1, -0.05) is 6.07 Å². The largest absolute Gasteiger partial charge is 0.416 e. The molecule has 0 saturated carbocycles. The van der Waals surface area contributed by atoms with Crippen molar-refractivity contribution in [3.8, 4) is 0 Å². The maximum absolute atomic E-state index is 12.8. The lowest BCUT2D eigenvalue weighted by atomic mass is 10.1. The summed E-state index contributed by atoms with van der Waals surface area (Å²) >= 11 is 0. The maximum atomic E-state index is 12.8. The number of nitrogens with zero attached hydrogens (tertiary/aromatic N) is 3. The van der Waals surface area contributed by atoms with E-state index in [1.807, 2.05) is 6.07 Å². The molecule has 0 aliphatic carbocycles. The Balaban J connectivity index is 2.01. The molecule has 2 aromatic rings. The van der Waals surface area contributed by atoms with Gasteiger partial charge < -0.3 is 9.80 Å². The smallest absolute Gasteiger partial charge is 0.368 e.